The summed E-state index contributed by atoms with van der Waals surface area (Å²) in [5.41, 5.74) is 4.39. The van der Waals surface area contributed by atoms with Crippen molar-refractivity contribution >= 4 is 34.4 Å². The summed E-state index contributed by atoms with van der Waals surface area (Å²) in [5, 5.41) is 15.0. The summed E-state index contributed by atoms with van der Waals surface area (Å²) in [7, 11) is 8.47. The van der Waals surface area contributed by atoms with Crippen molar-refractivity contribution in [3.05, 3.63) is 66.0 Å². The van der Waals surface area contributed by atoms with Crippen LogP contribution in [0.25, 0.3) is 11.2 Å². The molecule has 0 aliphatic carbocycles. The number of imidazole rings is 1. The standard InChI is InChI=1S/C30H34N10O5/c1-17-28(22-12-33-39(3)37-22)45-15-19-9-21(25(44-6)13-31-19)35-26-11-23(27-29(36-26)40(16-32-27)30(41)34-17)38(2)14-18-7-8-20(42-4)10-24(18)43-5/h7-13,16-17,28H,14-15H2,1-6H3,(H,34,41)(H,35,36)/t17-,28+/m1/s1. The van der Waals surface area contributed by atoms with Crippen molar-refractivity contribution < 1.29 is 23.7 Å². The number of carbonyl (C=O) groups is 1. The number of nitrogens with one attached hydrogen (secondary N) is 2. The van der Waals surface area contributed by atoms with Gasteiger partial charge in [-0.1, -0.05) is 0 Å². The number of nitrogens with zero attached hydrogens (tertiary/aromatic N) is 8. The van der Waals surface area contributed by atoms with Crippen molar-refractivity contribution in [3.63, 3.8) is 0 Å². The third kappa shape index (κ3) is 5.89. The van der Waals surface area contributed by atoms with E-state index in [0.717, 1.165) is 11.3 Å². The zero-order valence-electron chi connectivity index (χ0n) is 25.8. The third-order valence-electron chi connectivity index (χ3n) is 7.55. The Labute approximate surface area is 259 Å². The summed E-state index contributed by atoms with van der Waals surface area (Å²) >= 11 is 0. The Morgan fingerprint density at radius 1 is 1.07 bits per heavy atom. The van der Waals surface area contributed by atoms with E-state index in [1.165, 1.54) is 15.7 Å². The molecular weight excluding hydrogens is 580 g/mol. The normalized spacial score (nSPS) is 16.5. The molecule has 2 N–H and O–H groups in total. The smallest absolute Gasteiger partial charge is 0.328 e. The molecule has 0 saturated carbocycles. The van der Waals surface area contributed by atoms with Gasteiger partial charge in [0.05, 0.1) is 63.4 Å². The monoisotopic (exact) mass is 614 g/mol. The number of hydrogen-bond donors (Lipinski definition) is 2. The molecule has 6 rings (SSSR count). The number of carbonyl (C=O) groups excluding carboxylic acids is 1. The molecule has 4 aromatic heterocycles. The largest absolute Gasteiger partial charge is 0.497 e. The van der Waals surface area contributed by atoms with Crippen LogP contribution in [0.15, 0.2) is 49.1 Å². The number of benzene rings is 1. The van der Waals surface area contributed by atoms with Crippen molar-refractivity contribution in [2.24, 2.45) is 7.05 Å². The summed E-state index contributed by atoms with van der Waals surface area (Å²) in [4.78, 5) is 31.1. The van der Waals surface area contributed by atoms with Crippen LogP contribution < -0.4 is 29.7 Å². The molecule has 0 spiro atoms. The fourth-order valence-electron chi connectivity index (χ4n) is 5.26. The van der Waals surface area contributed by atoms with Crippen LogP contribution in [0.4, 0.5) is 22.0 Å². The van der Waals surface area contributed by atoms with E-state index < -0.39 is 18.2 Å². The lowest BCUT2D eigenvalue weighted by Crippen LogP contribution is -2.40. The van der Waals surface area contributed by atoms with Crippen molar-refractivity contribution in [1.82, 2.24) is 39.8 Å². The summed E-state index contributed by atoms with van der Waals surface area (Å²) < 4.78 is 24.3. The zero-order valence-corrected chi connectivity index (χ0v) is 25.8. The van der Waals surface area contributed by atoms with Gasteiger partial charge < -0.3 is 34.5 Å². The molecule has 15 nitrogen and oxygen atoms in total. The van der Waals surface area contributed by atoms with Gasteiger partial charge in [0.1, 0.15) is 41.0 Å². The van der Waals surface area contributed by atoms with Gasteiger partial charge in [-0.3, -0.25) is 4.98 Å². The molecule has 5 heterocycles. The predicted octanol–water partition coefficient (Wildman–Crippen LogP) is 3.58. The number of fused-ring (bicyclic) bond motifs is 3. The number of methoxy groups -OCH3 is 3. The van der Waals surface area contributed by atoms with Crippen LogP contribution in [0.3, 0.4) is 0 Å². The Hall–Kier alpha value is -5.44. The molecule has 4 bridgehead atoms. The molecule has 2 atom stereocenters. The van der Waals surface area contributed by atoms with E-state index in [4.69, 9.17) is 23.9 Å². The van der Waals surface area contributed by atoms with Gasteiger partial charge >= 0.3 is 6.03 Å². The topological polar surface area (TPSA) is 156 Å². The first-order chi connectivity index (χ1) is 21.8. The first-order valence-corrected chi connectivity index (χ1v) is 14.2. The molecule has 45 heavy (non-hydrogen) atoms. The van der Waals surface area contributed by atoms with Gasteiger partial charge in [-0.25, -0.2) is 19.3 Å². The molecule has 1 aliphatic rings. The molecule has 0 radical (unpaired) electrons. The quantitative estimate of drug-likeness (QED) is 0.275. The lowest BCUT2D eigenvalue weighted by Gasteiger charge is -2.25. The van der Waals surface area contributed by atoms with Crippen molar-refractivity contribution in [2.45, 2.75) is 32.2 Å². The van der Waals surface area contributed by atoms with Crippen molar-refractivity contribution in [2.75, 3.05) is 38.6 Å². The van der Waals surface area contributed by atoms with Crippen LogP contribution in [0.1, 0.15) is 30.0 Å². The van der Waals surface area contributed by atoms with Crippen LogP contribution in [0.5, 0.6) is 17.2 Å². The fourth-order valence-corrected chi connectivity index (χ4v) is 5.26. The molecule has 1 aliphatic heterocycles. The molecule has 0 fully saturated rings. The lowest BCUT2D eigenvalue weighted by molar-refractivity contribution is 0.0151. The summed E-state index contributed by atoms with van der Waals surface area (Å²) in [6.07, 6.45) is 4.08. The van der Waals surface area contributed by atoms with Gasteiger partial charge in [0.2, 0.25) is 0 Å². The highest BCUT2D eigenvalue weighted by Gasteiger charge is 2.28. The van der Waals surface area contributed by atoms with Crippen LogP contribution in [0, 0.1) is 0 Å². The lowest BCUT2D eigenvalue weighted by atomic mass is 10.1. The van der Waals surface area contributed by atoms with Gasteiger partial charge in [0.15, 0.2) is 11.4 Å². The van der Waals surface area contributed by atoms with E-state index in [0.29, 0.717) is 57.9 Å². The number of anilines is 3. The highest BCUT2D eigenvalue weighted by atomic mass is 16.5. The van der Waals surface area contributed by atoms with Crippen molar-refractivity contribution in [3.8, 4) is 17.2 Å². The molecule has 5 aromatic rings. The van der Waals surface area contributed by atoms with E-state index in [2.05, 4.69) is 30.8 Å². The maximum atomic E-state index is 13.7. The predicted molar refractivity (Wildman–Crippen MR) is 165 cm³/mol. The fraction of sp³-hybridized carbons (Fsp3) is 0.333. The van der Waals surface area contributed by atoms with Gasteiger partial charge in [-0.15, -0.1) is 0 Å². The van der Waals surface area contributed by atoms with E-state index >= 15 is 0 Å². The van der Waals surface area contributed by atoms with E-state index in [-0.39, 0.29) is 6.61 Å². The second-order valence-corrected chi connectivity index (χ2v) is 10.6. The number of ether oxygens (including phenoxy) is 4. The Bertz CT molecular complexity index is 1850. The third-order valence-corrected chi connectivity index (χ3v) is 7.55. The average molecular weight is 615 g/mol. The number of aryl methyl sites for hydroxylation is 1. The highest BCUT2D eigenvalue weighted by molar-refractivity contribution is 5.95. The zero-order chi connectivity index (χ0) is 31.7. The first-order valence-electron chi connectivity index (χ1n) is 14.2. The minimum Gasteiger partial charge on any atom is -0.497 e. The van der Waals surface area contributed by atoms with E-state index in [1.54, 1.807) is 40.8 Å². The number of rotatable bonds is 7. The van der Waals surface area contributed by atoms with Crippen LogP contribution in [-0.4, -0.2) is 75.0 Å². The molecule has 0 unspecified atom stereocenters. The van der Waals surface area contributed by atoms with Crippen LogP contribution in [-0.2, 0) is 24.9 Å². The molecule has 234 valence electrons. The molecule has 1 amide bonds. The minimum absolute atomic E-state index is 0.139. The van der Waals surface area contributed by atoms with Gasteiger partial charge in [-0.2, -0.15) is 15.0 Å². The van der Waals surface area contributed by atoms with Gasteiger partial charge in [0, 0.05) is 38.3 Å². The summed E-state index contributed by atoms with van der Waals surface area (Å²) in [5.74, 6) is 2.36. The molecule has 0 saturated heterocycles. The maximum Gasteiger partial charge on any atom is 0.328 e. The second-order valence-electron chi connectivity index (χ2n) is 10.6. The number of amides is 1. The van der Waals surface area contributed by atoms with Gasteiger partial charge in [0.25, 0.3) is 0 Å². The first kappa shape index (κ1) is 29.6. The van der Waals surface area contributed by atoms with Gasteiger partial charge in [-0.05, 0) is 25.1 Å². The Kier molecular flexibility index (Phi) is 8.08. The summed E-state index contributed by atoms with van der Waals surface area (Å²) in [6, 6.07) is 8.47. The van der Waals surface area contributed by atoms with Crippen LogP contribution >= 0.6 is 0 Å². The summed E-state index contributed by atoms with van der Waals surface area (Å²) in [6.45, 7) is 2.46. The Morgan fingerprint density at radius 3 is 2.62 bits per heavy atom. The second kappa shape index (κ2) is 12.3. The SMILES string of the molecule is COc1ccc(CN(C)c2cc3nc4c2ncn4C(=O)N[C@H](C)[C@@H](c2cnn(C)n2)OCc2cc(c(OC)cn2)N3)c(OC)c1. The van der Waals surface area contributed by atoms with Crippen molar-refractivity contribution in [1.29, 1.82) is 0 Å². The number of hydrogen-bond acceptors (Lipinski definition) is 12. The maximum absolute atomic E-state index is 13.7. The molecule has 15 heteroatoms. The average Bonchev–Trinajstić information content (AvgIpc) is 3.67. The number of aromatic nitrogens is 7. The van der Waals surface area contributed by atoms with E-state index in [1.807, 2.05) is 49.2 Å². The molecular formula is C30H34N10O5. The van der Waals surface area contributed by atoms with E-state index in [9.17, 15) is 4.79 Å². The highest BCUT2D eigenvalue weighted by Crippen LogP contribution is 2.34. The Morgan fingerprint density at radius 2 is 1.89 bits per heavy atom. The van der Waals surface area contributed by atoms with Crippen LogP contribution in [0.2, 0.25) is 0 Å². The minimum atomic E-state index is -0.620. The number of pyridine rings is 2. The Balaban J connectivity index is 1.45. The molecule has 1 aromatic carbocycles.